The van der Waals surface area contributed by atoms with Crippen molar-refractivity contribution in [3.05, 3.63) is 25.6 Å². The van der Waals surface area contributed by atoms with Gasteiger partial charge in [-0.25, -0.2) is 0 Å². The minimum absolute atomic E-state index is 0.0498. The fourth-order valence-corrected chi connectivity index (χ4v) is 2.03. The zero-order valence-corrected chi connectivity index (χ0v) is 12.9. The van der Waals surface area contributed by atoms with E-state index in [1.165, 1.54) is 0 Å². The van der Waals surface area contributed by atoms with Gasteiger partial charge in [0.2, 0.25) is 11.8 Å². The summed E-state index contributed by atoms with van der Waals surface area (Å²) in [4.78, 5) is 25.6. The maximum Gasteiger partial charge on any atom is 0.223 e. The van der Waals surface area contributed by atoms with Crippen molar-refractivity contribution < 1.29 is 9.59 Å². The largest absolute Gasteiger partial charge is 0.320 e. The number of amides is 2. The summed E-state index contributed by atoms with van der Waals surface area (Å²) >= 11 is 0. The van der Waals surface area contributed by atoms with E-state index in [0.29, 0.717) is 0 Å². The third-order valence-electron chi connectivity index (χ3n) is 3.30. The average Bonchev–Trinajstić information content (AvgIpc) is 2.40. The van der Waals surface area contributed by atoms with E-state index in [2.05, 4.69) is 13.2 Å². The van der Waals surface area contributed by atoms with E-state index in [4.69, 9.17) is 0 Å². The number of rotatable bonds is 11. The number of nitrogens with zero attached hydrogens (tertiary/aromatic N) is 2. The molecule has 0 spiro atoms. The minimum Gasteiger partial charge on any atom is -0.320 e. The van der Waals surface area contributed by atoms with Crippen molar-refractivity contribution in [2.75, 3.05) is 13.1 Å². The Balaban J connectivity index is 3.49. The Labute approximate surface area is 123 Å². The number of unbranched alkanes of at least 4 members (excludes halogenated alkanes) is 5. The van der Waals surface area contributed by atoms with Gasteiger partial charge >= 0.3 is 0 Å². The lowest BCUT2D eigenvalue weighted by atomic mass is 10.1. The van der Waals surface area contributed by atoms with Crippen molar-refractivity contribution in [1.82, 2.24) is 9.80 Å². The van der Waals surface area contributed by atoms with Gasteiger partial charge < -0.3 is 9.80 Å². The number of hydrogen-bond donors (Lipinski definition) is 0. The quantitative estimate of drug-likeness (QED) is 0.545. The van der Waals surface area contributed by atoms with Crippen LogP contribution in [0, 0.1) is 0 Å². The number of carbonyl (C=O) groups excluding carboxylic acids is 2. The molecule has 0 aliphatic heterocycles. The first-order valence-corrected chi connectivity index (χ1v) is 7.32. The second-order valence-electron chi connectivity index (χ2n) is 4.91. The van der Waals surface area contributed by atoms with Crippen molar-refractivity contribution in [2.24, 2.45) is 0 Å². The van der Waals surface area contributed by atoms with Crippen molar-refractivity contribution >= 4 is 11.8 Å². The molecule has 0 rings (SSSR count). The van der Waals surface area contributed by atoms with Gasteiger partial charge in [0, 0.05) is 26.9 Å². The Morgan fingerprint density at radius 2 is 1.05 bits per heavy atom. The molecule has 0 heterocycles. The molecular weight excluding hydrogens is 252 g/mol. The van der Waals surface area contributed by atoms with Crippen LogP contribution in [0.1, 0.15) is 52.4 Å². The van der Waals surface area contributed by atoms with Crippen LogP contribution in [-0.2, 0) is 9.59 Å². The van der Waals surface area contributed by atoms with Crippen LogP contribution in [0.3, 0.4) is 0 Å². The van der Waals surface area contributed by atoms with Crippen molar-refractivity contribution in [3.8, 4) is 0 Å². The van der Waals surface area contributed by atoms with E-state index < -0.39 is 0 Å². The molecule has 114 valence electrons. The third kappa shape index (κ3) is 8.51. The molecule has 0 N–H and O–H groups in total. The molecule has 0 saturated heterocycles. The molecule has 0 aliphatic rings. The van der Waals surface area contributed by atoms with Crippen LogP contribution in [0.25, 0.3) is 0 Å². The molecule has 0 aromatic heterocycles. The molecule has 0 aromatic rings. The Morgan fingerprint density at radius 3 is 1.30 bits per heavy atom. The molecular formula is C16H28N2O2. The first-order valence-electron chi connectivity index (χ1n) is 7.32. The maximum absolute atomic E-state index is 11.1. The van der Waals surface area contributed by atoms with Gasteiger partial charge in [0.15, 0.2) is 0 Å². The van der Waals surface area contributed by atoms with Gasteiger partial charge in [-0.1, -0.05) is 38.8 Å². The van der Waals surface area contributed by atoms with Gasteiger partial charge in [0.25, 0.3) is 0 Å². The Morgan fingerprint density at radius 1 is 0.750 bits per heavy atom. The summed E-state index contributed by atoms with van der Waals surface area (Å²) in [6.07, 6.45) is 9.77. The highest BCUT2D eigenvalue weighted by Gasteiger charge is 2.04. The van der Waals surface area contributed by atoms with E-state index in [1.54, 1.807) is 36.0 Å². The summed E-state index contributed by atoms with van der Waals surface area (Å²) in [5, 5.41) is 0. The maximum atomic E-state index is 11.1. The van der Waals surface area contributed by atoms with Crippen LogP contribution in [0.5, 0.6) is 0 Å². The van der Waals surface area contributed by atoms with E-state index >= 15 is 0 Å². The summed E-state index contributed by atoms with van der Waals surface area (Å²) in [7, 11) is 0. The lowest BCUT2D eigenvalue weighted by Crippen LogP contribution is -2.23. The van der Waals surface area contributed by atoms with Gasteiger partial charge in [-0.05, 0) is 25.2 Å². The third-order valence-corrected chi connectivity index (χ3v) is 3.30. The Bertz CT molecular complexity index is 294. The summed E-state index contributed by atoms with van der Waals surface area (Å²) < 4.78 is 0. The van der Waals surface area contributed by atoms with Crippen molar-refractivity contribution in [2.45, 2.75) is 52.4 Å². The van der Waals surface area contributed by atoms with E-state index in [9.17, 15) is 9.59 Å². The first kappa shape index (κ1) is 18.4. The smallest absolute Gasteiger partial charge is 0.223 e. The first-order chi connectivity index (χ1) is 9.52. The minimum atomic E-state index is 0.0498. The highest BCUT2D eigenvalue weighted by Crippen LogP contribution is 2.07. The number of carbonyl (C=O) groups is 2. The molecule has 0 aliphatic carbocycles. The SMILES string of the molecule is C=CN(CCCCCCCCN(C=C)C(C)=O)C(C)=O. The van der Waals surface area contributed by atoms with Crippen LogP contribution in [-0.4, -0.2) is 34.7 Å². The van der Waals surface area contributed by atoms with Crippen LogP contribution in [0.15, 0.2) is 25.6 Å². The topological polar surface area (TPSA) is 40.6 Å². The van der Waals surface area contributed by atoms with Gasteiger partial charge in [-0.3, -0.25) is 9.59 Å². The second-order valence-corrected chi connectivity index (χ2v) is 4.91. The summed E-state index contributed by atoms with van der Waals surface area (Å²) in [6, 6.07) is 0. The highest BCUT2D eigenvalue weighted by atomic mass is 16.2. The van der Waals surface area contributed by atoms with Gasteiger partial charge in [-0.15, -0.1) is 0 Å². The second kappa shape index (κ2) is 11.3. The van der Waals surface area contributed by atoms with Crippen molar-refractivity contribution in [3.63, 3.8) is 0 Å². The zero-order chi connectivity index (χ0) is 15.4. The predicted octanol–water partition coefficient (Wildman–Crippen LogP) is 3.31. The van der Waals surface area contributed by atoms with E-state index in [-0.39, 0.29) is 11.8 Å². The zero-order valence-electron chi connectivity index (χ0n) is 12.9. The van der Waals surface area contributed by atoms with Gasteiger partial charge in [0.05, 0.1) is 0 Å². The monoisotopic (exact) mass is 280 g/mol. The molecule has 0 unspecified atom stereocenters. The molecule has 4 heteroatoms. The fourth-order valence-electron chi connectivity index (χ4n) is 2.03. The van der Waals surface area contributed by atoms with Gasteiger partial charge in [0.1, 0.15) is 0 Å². The van der Waals surface area contributed by atoms with E-state index in [0.717, 1.165) is 51.6 Å². The molecule has 2 amide bonds. The van der Waals surface area contributed by atoms with Crippen LogP contribution >= 0.6 is 0 Å². The summed E-state index contributed by atoms with van der Waals surface area (Å²) in [5.74, 6) is 0.0995. The van der Waals surface area contributed by atoms with Crippen LogP contribution < -0.4 is 0 Å². The fraction of sp³-hybridized carbons (Fsp3) is 0.625. The van der Waals surface area contributed by atoms with Crippen molar-refractivity contribution in [1.29, 1.82) is 0 Å². The lowest BCUT2D eigenvalue weighted by molar-refractivity contribution is -0.127. The molecule has 0 fully saturated rings. The number of hydrogen-bond acceptors (Lipinski definition) is 2. The lowest BCUT2D eigenvalue weighted by Gasteiger charge is -2.16. The highest BCUT2D eigenvalue weighted by molar-refractivity contribution is 5.74. The predicted molar refractivity (Wildman–Crippen MR) is 82.9 cm³/mol. The standard InChI is InChI=1S/C16H28N2O2/c1-5-17(15(3)19)13-11-9-7-8-10-12-14-18(6-2)16(4)20/h5-6H,1-2,7-14H2,3-4H3. The Hall–Kier alpha value is -1.58. The van der Waals surface area contributed by atoms with E-state index in [1.807, 2.05) is 0 Å². The van der Waals surface area contributed by atoms with Gasteiger partial charge in [-0.2, -0.15) is 0 Å². The molecule has 0 radical (unpaired) electrons. The van der Waals surface area contributed by atoms with Crippen LogP contribution in [0.2, 0.25) is 0 Å². The Kier molecular flexibility index (Phi) is 10.4. The van der Waals surface area contributed by atoms with Crippen LogP contribution in [0.4, 0.5) is 0 Å². The molecule has 0 saturated carbocycles. The molecule has 20 heavy (non-hydrogen) atoms. The molecule has 0 bridgehead atoms. The molecule has 0 atom stereocenters. The summed E-state index contributed by atoms with van der Waals surface area (Å²) in [5.41, 5.74) is 0. The molecule has 4 nitrogen and oxygen atoms in total. The summed E-state index contributed by atoms with van der Waals surface area (Å²) in [6.45, 7) is 11.9. The normalized spacial score (nSPS) is 9.90. The molecule has 0 aromatic carbocycles. The average molecular weight is 280 g/mol.